The zero-order valence-electron chi connectivity index (χ0n) is 15.2. The highest BCUT2D eigenvalue weighted by atomic mass is 35.5. The number of nitrogens with one attached hydrogen (secondary N) is 1. The van der Waals surface area contributed by atoms with E-state index in [2.05, 4.69) is 15.5 Å². The van der Waals surface area contributed by atoms with Crippen molar-refractivity contribution < 1.29 is 22.1 Å². The van der Waals surface area contributed by atoms with Gasteiger partial charge in [-0.15, -0.1) is 0 Å². The van der Waals surface area contributed by atoms with E-state index in [1.54, 1.807) is 24.3 Å². The van der Waals surface area contributed by atoms with Gasteiger partial charge in [-0.05, 0) is 24.3 Å². The van der Waals surface area contributed by atoms with Crippen molar-refractivity contribution in [1.82, 2.24) is 15.5 Å². The predicted octanol–water partition coefficient (Wildman–Crippen LogP) is 2.61. The monoisotopic (exact) mass is 438 g/mol. The van der Waals surface area contributed by atoms with Crippen LogP contribution in [-0.2, 0) is 21.4 Å². The van der Waals surface area contributed by atoms with E-state index in [4.69, 9.17) is 16.1 Å². The Labute approximate surface area is 171 Å². The SMILES string of the molecule is CS(=O)(=O)N(CC(=O)NCc1nc(-c2ccccc2Cl)no1)c1ccccc1F. The third-order valence-corrected chi connectivity index (χ3v) is 5.28. The van der Waals surface area contributed by atoms with Crippen LogP contribution in [0.25, 0.3) is 11.4 Å². The van der Waals surface area contributed by atoms with Gasteiger partial charge >= 0.3 is 0 Å². The number of carbonyl (C=O) groups is 1. The van der Waals surface area contributed by atoms with E-state index in [1.807, 2.05) is 0 Å². The van der Waals surface area contributed by atoms with Gasteiger partial charge in [-0.3, -0.25) is 9.10 Å². The molecule has 8 nitrogen and oxygen atoms in total. The van der Waals surface area contributed by atoms with Gasteiger partial charge in [0.1, 0.15) is 12.4 Å². The number of amides is 1. The summed E-state index contributed by atoms with van der Waals surface area (Å²) in [5, 5.41) is 6.72. The summed E-state index contributed by atoms with van der Waals surface area (Å²) in [6.07, 6.45) is 0.889. The Morgan fingerprint density at radius 1 is 1.21 bits per heavy atom. The average Bonchev–Trinajstić information content (AvgIpc) is 3.13. The molecule has 152 valence electrons. The molecule has 2 aromatic carbocycles. The molecule has 29 heavy (non-hydrogen) atoms. The molecule has 1 heterocycles. The molecule has 0 atom stereocenters. The number of hydrogen-bond acceptors (Lipinski definition) is 6. The summed E-state index contributed by atoms with van der Waals surface area (Å²) >= 11 is 6.08. The maximum Gasteiger partial charge on any atom is 0.246 e. The second-order valence-electron chi connectivity index (χ2n) is 5.99. The van der Waals surface area contributed by atoms with Gasteiger partial charge in [0.05, 0.1) is 23.5 Å². The normalized spacial score (nSPS) is 11.3. The fraction of sp³-hybridized carbons (Fsp3) is 0.167. The molecular formula is C18H16ClFN4O4S. The zero-order chi connectivity index (χ0) is 21.0. The lowest BCUT2D eigenvalue weighted by molar-refractivity contribution is -0.119. The van der Waals surface area contributed by atoms with Crippen LogP contribution in [0, 0.1) is 5.82 Å². The van der Waals surface area contributed by atoms with E-state index in [-0.39, 0.29) is 23.9 Å². The van der Waals surface area contributed by atoms with Gasteiger partial charge in [0, 0.05) is 5.56 Å². The molecule has 3 rings (SSSR count). The lowest BCUT2D eigenvalue weighted by Gasteiger charge is -2.22. The average molecular weight is 439 g/mol. The number of carbonyl (C=O) groups excluding carboxylic acids is 1. The second kappa shape index (κ2) is 8.58. The number of hydrogen-bond donors (Lipinski definition) is 1. The van der Waals surface area contributed by atoms with Gasteiger partial charge in [0.25, 0.3) is 0 Å². The van der Waals surface area contributed by atoms with E-state index in [1.165, 1.54) is 18.2 Å². The number of rotatable bonds is 7. The maximum absolute atomic E-state index is 14.0. The lowest BCUT2D eigenvalue weighted by atomic mass is 10.2. The van der Waals surface area contributed by atoms with E-state index >= 15 is 0 Å². The highest BCUT2D eigenvalue weighted by molar-refractivity contribution is 7.92. The minimum atomic E-state index is -3.89. The second-order valence-corrected chi connectivity index (χ2v) is 8.30. The fourth-order valence-corrected chi connectivity index (χ4v) is 3.55. The number of anilines is 1. The van der Waals surface area contributed by atoms with Crippen LogP contribution >= 0.6 is 11.6 Å². The summed E-state index contributed by atoms with van der Waals surface area (Å²) in [7, 11) is -3.89. The highest BCUT2D eigenvalue weighted by Crippen LogP contribution is 2.25. The molecule has 1 aromatic heterocycles. The molecule has 0 unspecified atom stereocenters. The molecular weight excluding hydrogens is 423 g/mol. The molecule has 0 fully saturated rings. The van der Waals surface area contributed by atoms with E-state index in [9.17, 15) is 17.6 Å². The minimum absolute atomic E-state index is 0.102. The number of halogens is 2. The minimum Gasteiger partial charge on any atom is -0.345 e. The molecule has 0 saturated carbocycles. The largest absolute Gasteiger partial charge is 0.345 e. The van der Waals surface area contributed by atoms with Crippen molar-refractivity contribution >= 4 is 33.2 Å². The van der Waals surface area contributed by atoms with Crippen LogP contribution < -0.4 is 9.62 Å². The first-order valence-corrected chi connectivity index (χ1v) is 10.5. The number of aromatic nitrogens is 2. The molecule has 3 aromatic rings. The summed E-state index contributed by atoms with van der Waals surface area (Å²) in [4.78, 5) is 16.4. The third kappa shape index (κ3) is 5.09. The molecule has 0 bridgehead atoms. The molecule has 0 radical (unpaired) electrons. The smallest absolute Gasteiger partial charge is 0.246 e. The van der Waals surface area contributed by atoms with Crippen molar-refractivity contribution in [2.24, 2.45) is 0 Å². The summed E-state index contributed by atoms with van der Waals surface area (Å²) in [5.41, 5.74) is 0.349. The van der Waals surface area contributed by atoms with Crippen molar-refractivity contribution in [2.45, 2.75) is 6.54 Å². The summed E-state index contributed by atoms with van der Waals surface area (Å²) < 4.78 is 43.8. The van der Waals surface area contributed by atoms with Crippen molar-refractivity contribution in [3.8, 4) is 11.4 Å². The predicted molar refractivity (Wildman–Crippen MR) is 105 cm³/mol. The molecule has 0 spiro atoms. The topological polar surface area (TPSA) is 105 Å². The summed E-state index contributed by atoms with van der Waals surface area (Å²) in [6, 6.07) is 12.2. The van der Waals surface area contributed by atoms with Crippen molar-refractivity contribution in [2.75, 3.05) is 17.1 Å². The van der Waals surface area contributed by atoms with Crippen LogP contribution in [0.1, 0.15) is 5.89 Å². The Balaban J connectivity index is 1.68. The van der Waals surface area contributed by atoms with Crippen LogP contribution in [0.5, 0.6) is 0 Å². The van der Waals surface area contributed by atoms with Gasteiger partial charge in [0.2, 0.25) is 27.6 Å². The summed E-state index contributed by atoms with van der Waals surface area (Å²) in [6.45, 7) is -0.740. The molecule has 1 amide bonds. The Morgan fingerprint density at radius 3 is 2.59 bits per heavy atom. The number of para-hydroxylation sites is 1. The zero-order valence-corrected chi connectivity index (χ0v) is 16.7. The molecule has 11 heteroatoms. The molecule has 0 aliphatic rings. The van der Waals surface area contributed by atoms with Crippen molar-refractivity contribution in [1.29, 1.82) is 0 Å². The number of nitrogens with zero attached hydrogens (tertiary/aromatic N) is 3. The van der Waals surface area contributed by atoms with Crippen LogP contribution in [0.15, 0.2) is 53.1 Å². The van der Waals surface area contributed by atoms with Crippen LogP contribution in [-0.4, -0.2) is 37.3 Å². The van der Waals surface area contributed by atoms with Crippen LogP contribution in [0.2, 0.25) is 5.02 Å². The molecule has 1 N–H and O–H groups in total. The molecule has 0 aliphatic carbocycles. The quantitative estimate of drug-likeness (QED) is 0.607. The summed E-state index contributed by atoms with van der Waals surface area (Å²) in [5.74, 6) is -1.07. The first kappa shape index (κ1) is 20.7. The van der Waals surface area contributed by atoms with Crippen molar-refractivity contribution in [3.63, 3.8) is 0 Å². The Hall–Kier alpha value is -2.98. The Bertz CT molecular complexity index is 1140. The standard InChI is InChI=1S/C18H16ClFN4O4S/c1-29(26,27)24(15-9-5-4-8-14(15)20)11-16(25)21-10-17-22-18(23-28-17)12-6-2-3-7-13(12)19/h2-9H,10-11H2,1H3,(H,21,25). The Kier molecular flexibility index (Phi) is 6.14. The highest BCUT2D eigenvalue weighted by Gasteiger charge is 2.23. The van der Waals surface area contributed by atoms with Gasteiger partial charge in [-0.2, -0.15) is 4.98 Å². The third-order valence-electron chi connectivity index (χ3n) is 3.83. The van der Waals surface area contributed by atoms with Gasteiger partial charge in [-0.25, -0.2) is 12.8 Å². The van der Waals surface area contributed by atoms with Crippen molar-refractivity contribution in [3.05, 3.63) is 65.3 Å². The van der Waals surface area contributed by atoms with Gasteiger partial charge in [-0.1, -0.05) is 41.0 Å². The Morgan fingerprint density at radius 2 is 1.90 bits per heavy atom. The molecule has 0 aliphatic heterocycles. The fourth-order valence-electron chi connectivity index (χ4n) is 2.47. The van der Waals surface area contributed by atoms with E-state index in [0.717, 1.165) is 12.3 Å². The number of benzene rings is 2. The van der Waals surface area contributed by atoms with Crippen LogP contribution in [0.4, 0.5) is 10.1 Å². The van der Waals surface area contributed by atoms with Gasteiger partial charge < -0.3 is 9.84 Å². The number of sulfonamides is 1. The first-order valence-electron chi connectivity index (χ1n) is 8.32. The maximum atomic E-state index is 14.0. The van der Waals surface area contributed by atoms with Crippen LogP contribution in [0.3, 0.4) is 0 Å². The lowest BCUT2D eigenvalue weighted by Crippen LogP contribution is -2.40. The van der Waals surface area contributed by atoms with E-state index < -0.39 is 28.3 Å². The first-order chi connectivity index (χ1) is 13.8. The van der Waals surface area contributed by atoms with E-state index in [0.29, 0.717) is 14.9 Å². The van der Waals surface area contributed by atoms with Gasteiger partial charge in [0.15, 0.2) is 0 Å². The molecule has 0 saturated heterocycles.